The second kappa shape index (κ2) is 9.53. The SMILES string of the molecule is Cc1c(C(=O)NC[C@H](C(C)C)N2CCOCC2)cccc1N1CCOCC1. The van der Waals surface area contributed by atoms with Crippen LogP contribution in [0.3, 0.4) is 0 Å². The van der Waals surface area contributed by atoms with Gasteiger partial charge in [-0.25, -0.2) is 0 Å². The van der Waals surface area contributed by atoms with Gasteiger partial charge in [0.15, 0.2) is 0 Å². The van der Waals surface area contributed by atoms with E-state index in [9.17, 15) is 4.79 Å². The minimum absolute atomic E-state index is 0.0153. The molecule has 0 spiro atoms. The molecule has 0 bridgehead atoms. The normalized spacial score (nSPS) is 19.9. The fourth-order valence-electron chi connectivity index (χ4n) is 4.00. The first kappa shape index (κ1) is 20.1. The van der Waals surface area contributed by atoms with Crippen molar-refractivity contribution in [1.29, 1.82) is 0 Å². The molecule has 1 atom stereocenters. The predicted octanol–water partition coefficient (Wildman–Crippen LogP) is 1.92. The first-order valence-corrected chi connectivity index (χ1v) is 10.1. The lowest BCUT2D eigenvalue weighted by Gasteiger charge is -2.37. The van der Waals surface area contributed by atoms with Crippen LogP contribution in [0.2, 0.25) is 0 Å². The monoisotopic (exact) mass is 375 g/mol. The molecular weight excluding hydrogens is 342 g/mol. The molecule has 2 heterocycles. The van der Waals surface area contributed by atoms with Crippen LogP contribution in [0.1, 0.15) is 29.8 Å². The number of hydrogen-bond donors (Lipinski definition) is 1. The number of ether oxygens (including phenoxy) is 2. The van der Waals surface area contributed by atoms with Crippen molar-refractivity contribution < 1.29 is 14.3 Å². The smallest absolute Gasteiger partial charge is 0.251 e. The highest BCUT2D eigenvalue weighted by Gasteiger charge is 2.25. The topological polar surface area (TPSA) is 54.0 Å². The average molecular weight is 376 g/mol. The van der Waals surface area contributed by atoms with Crippen LogP contribution in [0.25, 0.3) is 0 Å². The largest absolute Gasteiger partial charge is 0.379 e. The number of rotatable bonds is 6. The molecule has 27 heavy (non-hydrogen) atoms. The number of hydrogen-bond acceptors (Lipinski definition) is 5. The number of anilines is 1. The maximum Gasteiger partial charge on any atom is 0.251 e. The molecule has 2 fully saturated rings. The van der Waals surface area contributed by atoms with Gasteiger partial charge in [0.1, 0.15) is 0 Å². The highest BCUT2D eigenvalue weighted by Crippen LogP contribution is 2.24. The lowest BCUT2D eigenvalue weighted by atomic mass is 10.0. The van der Waals surface area contributed by atoms with Gasteiger partial charge in [-0.1, -0.05) is 19.9 Å². The van der Waals surface area contributed by atoms with Gasteiger partial charge in [-0.2, -0.15) is 0 Å². The molecular formula is C21H33N3O3. The molecule has 2 saturated heterocycles. The standard InChI is InChI=1S/C21H33N3O3/c1-16(2)20(24-9-13-27-14-10-24)15-22-21(25)18-5-4-6-19(17(18)3)23-7-11-26-12-8-23/h4-6,16,20H,7-15H2,1-3H3,(H,22,25)/t20-/m1/s1. The summed E-state index contributed by atoms with van der Waals surface area (Å²) >= 11 is 0. The van der Waals surface area contributed by atoms with Crippen molar-refractivity contribution in [2.24, 2.45) is 5.92 Å². The van der Waals surface area contributed by atoms with Crippen LogP contribution in [0.4, 0.5) is 5.69 Å². The van der Waals surface area contributed by atoms with Gasteiger partial charge in [-0.05, 0) is 30.5 Å². The molecule has 1 amide bonds. The second-order valence-electron chi connectivity index (χ2n) is 7.72. The highest BCUT2D eigenvalue weighted by molar-refractivity contribution is 5.97. The van der Waals surface area contributed by atoms with E-state index in [2.05, 4.69) is 35.0 Å². The number of benzene rings is 1. The van der Waals surface area contributed by atoms with E-state index in [0.717, 1.165) is 69.4 Å². The van der Waals surface area contributed by atoms with Gasteiger partial charge < -0.3 is 19.7 Å². The fourth-order valence-corrected chi connectivity index (χ4v) is 4.00. The van der Waals surface area contributed by atoms with Gasteiger partial charge in [0.05, 0.1) is 26.4 Å². The average Bonchev–Trinajstić information content (AvgIpc) is 2.69. The molecule has 2 aliphatic rings. The Morgan fingerprint density at radius 2 is 1.70 bits per heavy atom. The first-order valence-electron chi connectivity index (χ1n) is 10.1. The van der Waals surface area contributed by atoms with Crippen LogP contribution < -0.4 is 10.2 Å². The second-order valence-corrected chi connectivity index (χ2v) is 7.72. The Morgan fingerprint density at radius 1 is 1.07 bits per heavy atom. The molecule has 0 aliphatic carbocycles. The quantitative estimate of drug-likeness (QED) is 0.823. The van der Waals surface area contributed by atoms with Crippen LogP contribution in [0.15, 0.2) is 18.2 Å². The van der Waals surface area contributed by atoms with Gasteiger partial charge in [-0.15, -0.1) is 0 Å². The van der Waals surface area contributed by atoms with Crippen LogP contribution in [-0.4, -0.2) is 76.0 Å². The van der Waals surface area contributed by atoms with Gasteiger partial charge in [0, 0.05) is 50.0 Å². The summed E-state index contributed by atoms with van der Waals surface area (Å²) in [5.41, 5.74) is 2.95. The van der Waals surface area contributed by atoms with Crippen molar-refractivity contribution in [3.05, 3.63) is 29.3 Å². The summed E-state index contributed by atoms with van der Waals surface area (Å²) in [7, 11) is 0. The minimum Gasteiger partial charge on any atom is -0.379 e. The Balaban J connectivity index is 1.66. The van der Waals surface area contributed by atoms with Gasteiger partial charge >= 0.3 is 0 Å². The van der Waals surface area contributed by atoms with Gasteiger partial charge in [0.25, 0.3) is 5.91 Å². The summed E-state index contributed by atoms with van der Waals surface area (Å²) in [5.74, 6) is 0.491. The number of nitrogens with one attached hydrogen (secondary N) is 1. The van der Waals surface area contributed by atoms with Crippen LogP contribution in [0.5, 0.6) is 0 Å². The summed E-state index contributed by atoms with van der Waals surface area (Å²) in [4.78, 5) is 17.7. The third kappa shape index (κ3) is 5.00. The van der Waals surface area contributed by atoms with Crippen molar-refractivity contribution in [2.75, 3.05) is 64.1 Å². The maximum absolute atomic E-state index is 12.9. The number of nitrogens with zero attached hydrogens (tertiary/aromatic N) is 2. The highest BCUT2D eigenvalue weighted by atomic mass is 16.5. The number of carbonyl (C=O) groups excluding carboxylic acids is 1. The van der Waals surface area contributed by atoms with E-state index in [4.69, 9.17) is 9.47 Å². The minimum atomic E-state index is 0.0153. The van der Waals surface area contributed by atoms with E-state index in [1.54, 1.807) is 0 Å². The van der Waals surface area contributed by atoms with Crippen molar-refractivity contribution in [2.45, 2.75) is 26.8 Å². The van der Waals surface area contributed by atoms with E-state index in [-0.39, 0.29) is 5.91 Å². The van der Waals surface area contributed by atoms with Crippen molar-refractivity contribution in [3.8, 4) is 0 Å². The fraction of sp³-hybridized carbons (Fsp3) is 0.667. The zero-order valence-corrected chi connectivity index (χ0v) is 16.9. The third-order valence-electron chi connectivity index (χ3n) is 5.66. The zero-order valence-electron chi connectivity index (χ0n) is 16.9. The molecule has 1 aromatic rings. The Morgan fingerprint density at radius 3 is 2.33 bits per heavy atom. The third-order valence-corrected chi connectivity index (χ3v) is 5.66. The number of carbonyl (C=O) groups is 1. The summed E-state index contributed by atoms with van der Waals surface area (Å²) < 4.78 is 10.9. The van der Waals surface area contributed by atoms with E-state index in [1.807, 2.05) is 19.1 Å². The van der Waals surface area contributed by atoms with E-state index in [1.165, 1.54) is 0 Å². The Bertz CT molecular complexity index is 623. The molecule has 0 radical (unpaired) electrons. The lowest BCUT2D eigenvalue weighted by Crippen LogP contribution is -2.51. The number of morpholine rings is 2. The summed E-state index contributed by atoms with van der Waals surface area (Å²) in [6, 6.07) is 6.34. The van der Waals surface area contributed by atoms with E-state index in [0.29, 0.717) is 18.5 Å². The number of amides is 1. The van der Waals surface area contributed by atoms with Crippen molar-refractivity contribution >= 4 is 11.6 Å². The molecule has 150 valence electrons. The van der Waals surface area contributed by atoms with Crippen LogP contribution in [-0.2, 0) is 9.47 Å². The summed E-state index contributed by atoms with van der Waals surface area (Å²) in [5, 5.41) is 3.18. The van der Waals surface area contributed by atoms with Crippen LogP contribution >= 0.6 is 0 Å². The summed E-state index contributed by atoms with van der Waals surface area (Å²) in [6.45, 7) is 13.8. The maximum atomic E-state index is 12.9. The predicted molar refractivity (Wildman–Crippen MR) is 108 cm³/mol. The van der Waals surface area contributed by atoms with Crippen molar-refractivity contribution in [3.63, 3.8) is 0 Å². The molecule has 3 rings (SSSR count). The molecule has 0 aromatic heterocycles. The van der Waals surface area contributed by atoms with Gasteiger partial charge in [0.2, 0.25) is 0 Å². The molecule has 0 saturated carbocycles. The van der Waals surface area contributed by atoms with Crippen molar-refractivity contribution in [1.82, 2.24) is 10.2 Å². The summed E-state index contributed by atoms with van der Waals surface area (Å²) in [6.07, 6.45) is 0. The molecule has 1 N–H and O–H groups in total. The Hall–Kier alpha value is -1.63. The van der Waals surface area contributed by atoms with Crippen LogP contribution in [0, 0.1) is 12.8 Å². The molecule has 2 aliphatic heterocycles. The Labute approximate surface area is 162 Å². The molecule has 1 aromatic carbocycles. The van der Waals surface area contributed by atoms with Gasteiger partial charge in [-0.3, -0.25) is 9.69 Å². The molecule has 0 unspecified atom stereocenters. The van der Waals surface area contributed by atoms with E-state index >= 15 is 0 Å². The lowest BCUT2D eigenvalue weighted by molar-refractivity contribution is 0.00672. The van der Waals surface area contributed by atoms with E-state index < -0.39 is 0 Å². The Kier molecular flexibility index (Phi) is 7.10. The first-order chi connectivity index (χ1) is 13.1. The zero-order chi connectivity index (χ0) is 19.2. The molecule has 6 heteroatoms. The molecule has 6 nitrogen and oxygen atoms in total.